The zero-order valence-electron chi connectivity index (χ0n) is 20.6. The molecule has 33 heavy (non-hydrogen) atoms. The maximum Gasteiger partial charge on any atom is 0.410 e. The second-order valence-corrected chi connectivity index (χ2v) is 8.13. The topological polar surface area (TPSA) is 84.9 Å². The lowest BCUT2D eigenvalue weighted by Gasteiger charge is -2.24. The normalized spacial score (nSPS) is 11.4. The minimum Gasteiger partial charge on any atom is -0.491 e. The number of nitrogens with zero attached hydrogens (tertiary/aromatic N) is 1. The Morgan fingerprint density at radius 3 is 1.58 bits per heavy atom. The zero-order valence-corrected chi connectivity index (χ0v) is 20.6. The van der Waals surface area contributed by atoms with E-state index in [0.717, 1.165) is 5.75 Å². The van der Waals surface area contributed by atoms with Crippen molar-refractivity contribution in [3.8, 4) is 5.75 Å². The molecular weight excluding hydrogens is 430 g/mol. The van der Waals surface area contributed by atoms with E-state index in [1.165, 1.54) is 4.90 Å². The van der Waals surface area contributed by atoms with Crippen LogP contribution in [-0.2, 0) is 28.4 Å². The average molecular weight is 472 g/mol. The Kier molecular flexibility index (Phi) is 16.3. The summed E-state index contributed by atoms with van der Waals surface area (Å²) in [6.07, 6.45) is -0.357. The zero-order chi connectivity index (χ0) is 24.2. The molecule has 0 aliphatic heterocycles. The van der Waals surface area contributed by atoms with Crippen LogP contribution in [-0.4, -0.2) is 103 Å². The van der Waals surface area contributed by atoms with Crippen molar-refractivity contribution in [1.82, 2.24) is 4.90 Å². The average Bonchev–Trinajstić information content (AvgIpc) is 2.77. The highest BCUT2D eigenvalue weighted by Gasteiger charge is 2.19. The van der Waals surface area contributed by atoms with Gasteiger partial charge in [-0.3, -0.25) is 0 Å². The first-order valence-electron chi connectivity index (χ1n) is 11.4. The highest BCUT2D eigenvalue weighted by Crippen LogP contribution is 2.09. The van der Waals surface area contributed by atoms with Gasteiger partial charge in [-0.1, -0.05) is 18.2 Å². The number of benzene rings is 1. The third-order valence-corrected chi connectivity index (χ3v) is 4.00. The Morgan fingerprint density at radius 2 is 1.12 bits per heavy atom. The lowest BCUT2D eigenvalue weighted by atomic mass is 10.2. The van der Waals surface area contributed by atoms with E-state index in [-0.39, 0.29) is 6.09 Å². The summed E-state index contributed by atoms with van der Waals surface area (Å²) >= 11 is 0. The molecule has 1 aromatic rings. The Labute approximate surface area is 198 Å². The van der Waals surface area contributed by atoms with Crippen LogP contribution in [0, 0.1) is 0 Å². The smallest absolute Gasteiger partial charge is 0.410 e. The first-order chi connectivity index (χ1) is 15.9. The third kappa shape index (κ3) is 18.2. The van der Waals surface area contributed by atoms with Crippen molar-refractivity contribution in [3.05, 3.63) is 30.3 Å². The van der Waals surface area contributed by atoms with Gasteiger partial charge in [0.2, 0.25) is 0 Å². The van der Waals surface area contributed by atoms with Crippen LogP contribution in [0.25, 0.3) is 0 Å². The maximum absolute atomic E-state index is 11.8. The molecule has 0 aliphatic carbocycles. The number of rotatable bonds is 19. The molecule has 1 aromatic carbocycles. The van der Waals surface area contributed by atoms with Gasteiger partial charge in [0.15, 0.2) is 0 Å². The van der Waals surface area contributed by atoms with Gasteiger partial charge in [0.25, 0.3) is 0 Å². The summed E-state index contributed by atoms with van der Waals surface area (Å²) in [4.78, 5) is 13.3. The third-order valence-electron chi connectivity index (χ3n) is 4.00. The molecule has 0 N–H and O–H groups in total. The number of amides is 1. The number of ether oxygens (including phenoxy) is 7. The summed E-state index contributed by atoms with van der Waals surface area (Å²) in [5.41, 5.74) is -0.499. The molecule has 190 valence electrons. The van der Waals surface area contributed by atoms with Crippen molar-refractivity contribution >= 4 is 6.09 Å². The summed E-state index contributed by atoms with van der Waals surface area (Å²) in [6, 6.07) is 9.65. The molecule has 0 saturated carbocycles. The number of likely N-dealkylation sites (N-methyl/N-ethyl adjacent to an activating group) is 1. The van der Waals surface area contributed by atoms with Crippen molar-refractivity contribution in [2.24, 2.45) is 0 Å². The molecule has 0 aromatic heterocycles. The number of para-hydroxylation sites is 1. The van der Waals surface area contributed by atoms with E-state index in [2.05, 4.69) is 0 Å². The quantitative estimate of drug-likeness (QED) is 0.285. The molecular formula is C24H41NO8. The molecule has 0 saturated heterocycles. The molecule has 0 fully saturated rings. The molecule has 1 amide bonds. The highest BCUT2D eigenvalue weighted by atomic mass is 16.6. The first kappa shape index (κ1) is 29.1. The van der Waals surface area contributed by atoms with Gasteiger partial charge in [-0.25, -0.2) is 4.79 Å². The monoisotopic (exact) mass is 471 g/mol. The minimum atomic E-state index is -0.499. The molecule has 9 nitrogen and oxygen atoms in total. The minimum absolute atomic E-state index is 0.357. The summed E-state index contributed by atoms with van der Waals surface area (Å²) in [6.45, 7) is 11.4. The Balaban J connectivity index is 1.75. The van der Waals surface area contributed by atoms with Gasteiger partial charge in [-0.2, -0.15) is 0 Å². The van der Waals surface area contributed by atoms with Crippen LogP contribution < -0.4 is 4.74 Å². The first-order valence-corrected chi connectivity index (χ1v) is 11.4. The Morgan fingerprint density at radius 1 is 0.697 bits per heavy atom. The summed E-state index contributed by atoms with van der Waals surface area (Å²) in [7, 11) is 1.68. The van der Waals surface area contributed by atoms with Crippen LogP contribution in [0.1, 0.15) is 20.8 Å². The highest BCUT2D eigenvalue weighted by molar-refractivity contribution is 5.67. The van der Waals surface area contributed by atoms with E-state index in [1.54, 1.807) is 7.05 Å². The van der Waals surface area contributed by atoms with Gasteiger partial charge >= 0.3 is 6.09 Å². The van der Waals surface area contributed by atoms with E-state index in [9.17, 15) is 4.79 Å². The summed E-state index contributed by atoms with van der Waals surface area (Å²) in [5, 5.41) is 0. The molecule has 0 spiro atoms. The SMILES string of the molecule is CN(CCOCCOCCOCCOCCOCCOc1ccccc1)C(=O)OC(C)(C)C. The predicted molar refractivity (Wildman–Crippen MR) is 125 cm³/mol. The van der Waals surface area contributed by atoms with Gasteiger partial charge < -0.3 is 38.1 Å². The summed E-state index contributed by atoms with van der Waals surface area (Å²) in [5.74, 6) is 0.842. The van der Waals surface area contributed by atoms with Crippen molar-refractivity contribution in [2.75, 3.05) is 86.3 Å². The summed E-state index contributed by atoms with van der Waals surface area (Å²) < 4.78 is 38.0. The molecule has 0 unspecified atom stereocenters. The number of hydrogen-bond donors (Lipinski definition) is 0. The molecule has 0 radical (unpaired) electrons. The predicted octanol–water partition coefficient (Wildman–Crippen LogP) is 3.02. The fourth-order valence-corrected chi connectivity index (χ4v) is 2.35. The molecule has 0 heterocycles. The Hall–Kier alpha value is -1.91. The molecule has 9 heteroatoms. The van der Waals surface area contributed by atoms with Gasteiger partial charge in [-0.15, -0.1) is 0 Å². The van der Waals surface area contributed by atoms with Crippen LogP contribution >= 0.6 is 0 Å². The van der Waals surface area contributed by atoms with Crippen molar-refractivity contribution < 1.29 is 38.0 Å². The van der Waals surface area contributed by atoms with Crippen LogP contribution in [0.4, 0.5) is 4.79 Å². The van der Waals surface area contributed by atoms with Crippen molar-refractivity contribution in [1.29, 1.82) is 0 Å². The molecule has 0 aliphatic rings. The molecule has 1 rings (SSSR count). The van der Waals surface area contributed by atoms with E-state index >= 15 is 0 Å². The molecule has 0 atom stereocenters. The standard InChI is InChI=1S/C24H41NO8/c1-24(2,3)33-23(26)25(4)10-11-27-12-13-28-14-15-29-16-17-30-18-19-31-20-21-32-22-8-6-5-7-9-22/h5-9H,10-21H2,1-4H3. The second-order valence-electron chi connectivity index (χ2n) is 8.13. The van der Waals surface area contributed by atoms with Crippen molar-refractivity contribution in [3.63, 3.8) is 0 Å². The number of carbonyl (C=O) groups is 1. The molecule has 0 bridgehead atoms. The maximum atomic E-state index is 11.8. The fraction of sp³-hybridized carbons (Fsp3) is 0.708. The van der Waals surface area contributed by atoms with E-state index < -0.39 is 5.60 Å². The van der Waals surface area contributed by atoms with Gasteiger partial charge in [0.05, 0.1) is 66.1 Å². The van der Waals surface area contributed by atoms with E-state index in [0.29, 0.717) is 79.2 Å². The van der Waals surface area contributed by atoms with E-state index in [4.69, 9.17) is 33.2 Å². The lowest BCUT2D eigenvalue weighted by Crippen LogP contribution is -2.36. The second kappa shape index (κ2) is 18.5. The number of carbonyl (C=O) groups excluding carboxylic acids is 1. The largest absolute Gasteiger partial charge is 0.491 e. The van der Waals surface area contributed by atoms with Gasteiger partial charge in [-0.05, 0) is 32.9 Å². The van der Waals surface area contributed by atoms with E-state index in [1.807, 2.05) is 51.1 Å². The van der Waals surface area contributed by atoms with Crippen molar-refractivity contribution in [2.45, 2.75) is 26.4 Å². The van der Waals surface area contributed by atoms with Crippen LogP contribution in [0.2, 0.25) is 0 Å². The number of hydrogen-bond acceptors (Lipinski definition) is 8. The van der Waals surface area contributed by atoms with Crippen LogP contribution in [0.5, 0.6) is 5.75 Å². The van der Waals surface area contributed by atoms with Gasteiger partial charge in [0, 0.05) is 13.6 Å². The van der Waals surface area contributed by atoms with Crippen LogP contribution in [0.15, 0.2) is 30.3 Å². The fourth-order valence-electron chi connectivity index (χ4n) is 2.35. The van der Waals surface area contributed by atoms with Gasteiger partial charge in [0.1, 0.15) is 18.0 Å². The lowest BCUT2D eigenvalue weighted by molar-refractivity contribution is -0.0144. The Bertz CT molecular complexity index is 594. The van der Waals surface area contributed by atoms with Crippen LogP contribution in [0.3, 0.4) is 0 Å².